The lowest BCUT2D eigenvalue weighted by Crippen LogP contribution is -2.52. The van der Waals surface area contributed by atoms with Gasteiger partial charge >= 0.3 is 6.09 Å². The lowest BCUT2D eigenvalue weighted by Gasteiger charge is -2.44. The number of hydrogen-bond acceptors (Lipinski definition) is 5. The molecule has 1 fully saturated rings. The number of nitriles is 1. The number of anilines is 1. The normalized spacial score (nSPS) is 17.3. The number of halogens is 1. The fourth-order valence-electron chi connectivity index (χ4n) is 4.59. The fraction of sp³-hybridized carbons (Fsp3) is 0.261. The van der Waals surface area contributed by atoms with Gasteiger partial charge in [-0.3, -0.25) is 4.79 Å². The topological polar surface area (TPSA) is 87.4 Å². The maximum atomic E-state index is 13.6. The number of aromatic nitrogens is 1. The maximum absolute atomic E-state index is 13.6. The van der Waals surface area contributed by atoms with Crippen molar-refractivity contribution >= 4 is 40.2 Å². The van der Waals surface area contributed by atoms with Crippen LogP contribution in [0.3, 0.4) is 0 Å². The third kappa shape index (κ3) is 3.07. The Balaban J connectivity index is 1.64. The molecule has 2 aliphatic rings. The highest BCUT2D eigenvalue weighted by atomic mass is 35.5. The van der Waals surface area contributed by atoms with Gasteiger partial charge in [-0.25, -0.2) is 9.69 Å². The van der Waals surface area contributed by atoms with Crippen molar-refractivity contribution in [2.75, 3.05) is 18.0 Å². The van der Waals surface area contributed by atoms with Crippen molar-refractivity contribution in [1.29, 1.82) is 5.26 Å². The molecule has 5 rings (SSSR count). The average Bonchev–Trinajstić information content (AvgIpc) is 3.12. The van der Waals surface area contributed by atoms with E-state index in [0.29, 0.717) is 29.1 Å². The quantitative estimate of drug-likeness (QED) is 0.653. The summed E-state index contributed by atoms with van der Waals surface area (Å²) in [5.74, 6) is -0.538. The number of carbonyl (C=O) groups excluding carboxylic acids is 2. The summed E-state index contributed by atoms with van der Waals surface area (Å²) in [5.41, 5.74) is 1.55. The second-order valence-corrected chi connectivity index (χ2v) is 8.18. The van der Waals surface area contributed by atoms with Crippen molar-refractivity contribution in [1.82, 2.24) is 9.88 Å². The molecule has 2 amide bonds. The van der Waals surface area contributed by atoms with Crippen LogP contribution in [-0.2, 0) is 16.9 Å². The summed E-state index contributed by atoms with van der Waals surface area (Å²) in [6.45, 7) is 1.42. The first-order valence-corrected chi connectivity index (χ1v) is 10.5. The lowest BCUT2D eigenvalue weighted by molar-refractivity contribution is -0.0171. The molecule has 0 aliphatic carbocycles. The van der Waals surface area contributed by atoms with Crippen molar-refractivity contribution in [2.45, 2.75) is 25.0 Å². The zero-order valence-electron chi connectivity index (χ0n) is 16.6. The van der Waals surface area contributed by atoms with Gasteiger partial charge in [0.2, 0.25) is 0 Å². The van der Waals surface area contributed by atoms with Gasteiger partial charge in [0.15, 0.2) is 0 Å². The van der Waals surface area contributed by atoms with Crippen LogP contribution in [0.25, 0.3) is 10.9 Å². The Morgan fingerprint density at radius 2 is 1.97 bits per heavy atom. The number of ether oxygens (including phenoxy) is 1. The van der Waals surface area contributed by atoms with Gasteiger partial charge in [-0.1, -0.05) is 29.8 Å². The van der Waals surface area contributed by atoms with E-state index in [0.717, 1.165) is 28.9 Å². The lowest BCUT2D eigenvalue weighted by atomic mass is 9.82. The first kappa shape index (κ1) is 19.6. The Hall–Kier alpha value is -3.34. The van der Waals surface area contributed by atoms with Crippen molar-refractivity contribution in [3.8, 4) is 6.07 Å². The van der Waals surface area contributed by atoms with Gasteiger partial charge < -0.3 is 14.6 Å². The Labute approximate surface area is 183 Å². The molecule has 1 spiro atoms. The van der Waals surface area contributed by atoms with Crippen LogP contribution in [0.15, 0.2) is 48.5 Å². The van der Waals surface area contributed by atoms with Gasteiger partial charge in [0.25, 0.3) is 5.91 Å². The van der Waals surface area contributed by atoms with Gasteiger partial charge in [0, 0.05) is 34.3 Å². The Morgan fingerprint density at radius 1 is 1.19 bits per heavy atom. The Morgan fingerprint density at radius 3 is 2.74 bits per heavy atom. The van der Waals surface area contributed by atoms with E-state index in [2.05, 4.69) is 11.4 Å². The largest absolute Gasteiger partial charge is 0.437 e. The average molecular weight is 435 g/mol. The van der Waals surface area contributed by atoms with E-state index in [9.17, 15) is 14.9 Å². The van der Waals surface area contributed by atoms with Gasteiger partial charge in [-0.05, 0) is 43.4 Å². The molecule has 0 radical (unpaired) electrons. The molecule has 31 heavy (non-hydrogen) atoms. The molecular weight excluding hydrogens is 416 g/mol. The van der Waals surface area contributed by atoms with Crippen molar-refractivity contribution in [2.24, 2.45) is 0 Å². The van der Waals surface area contributed by atoms with Crippen LogP contribution in [0.4, 0.5) is 10.5 Å². The van der Waals surface area contributed by atoms with Crippen molar-refractivity contribution < 1.29 is 14.3 Å². The van der Waals surface area contributed by atoms with E-state index in [1.165, 1.54) is 0 Å². The summed E-state index contributed by atoms with van der Waals surface area (Å²) in [7, 11) is 0. The van der Waals surface area contributed by atoms with E-state index in [1.807, 2.05) is 12.1 Å². The minimum absolute atomic E-state index is 0.0354. The molecule has 3 aromatic rings. The molecule has 0 atom stereocenters. The summed E-state index contributed by atoms with van der Waals surface area (Å²) in [5, 5.41) is 13.9. The van der Waals surface area contributed by atoms with Gasteiger partial charge in [-0.15, -0.1) is 0 Å². The highest BCUT2D eigenvalue weighted by Gasteiger charge is 2.47. The van der Waals surface area contributed by atoms with Gasteiger partial charge in [-0.2, -0.15) is 5.26 Å². The molecule has 0 saturated carbocycles. The number of benzene rings is 2. The van der Waals surface area contributed by atoms with Crippen LogP contribution in [0.5, 0.6) is 0 Å². The molecule has 8 heteroatoms. The predicted molar refractivity (Wildman–Crippen MR) is 116 cm³/mol. The highest BCUT2D eigenvalue weighted by molar-refractivity contribution is 6.31. The van der Waals surface area contributed by atoms with Crippen LogP contribution in [0.1, 0.15) is 28.9 Å². The molecule has 2 aliphatic heterocycles. The first-order valence-electron chi connectivity index (χ1n) is 10.1. The Bertz CT molecular complexity index is 1250. The third-order valence-corrected chi connectivity index (χ3v) is 6.26. The van der Waals surface area contributed by atoms with E-state index in [-0.39, 0.29) is 12.2 Å². The van der Waals surface area contributed by atoms with Crippen LogP contribution in [0.2, 0.25) is 5.02 Å². The summed E-state index contributed by atoms with van der Waals surface area (Å²) < 4.78 is 7.52. The number of piperidine rings is 1. The molecule has 3 heterocycles. The molecule has 0 bridgehead atoms. The number of rotatable bonds is 2. The molecule has 156 valence electrons. The standard InChI is InChI=1S/C23H19ClN4O3/c24-16-5-6-18-15(13-16)14-20(27(18)12-9-25)21(29)28-19-4-2-1-3-17(19)23(31-22(28)30)7-10-26-11-8-23/h1-6,13-14,26H,7-8,10-12H2. The monoisotopic (exact) mass is 434 g/mol. The molecular formula is C23H19ClN4O3. The number of nitrogens with one attached hydrogen (secondary N) is 1. The molecule has 2 aromatic carbocycles. The van der Waals surface area contributed by atoms with Crippen LogP contribution < -0.4 is 10.2 Å². The zero-order valence-corrected chi connectivity index (χ0v) is 17.4. The SMILES string of the molecule is N#CCn1c(C(=O)N2C(=O)OC3(CCNCC3)c3ccccc32)cc2cc(Cl)ccc21. The van der Waals surface area contributed by atoms with E-state index in [1.54, 1.807) is 41.0 Å². The number of hydrogen-bond donors (Lipinski definition) is 1. The van der Waals surface area contributed by atoms with Crippen LogP contribution in [-0.4, -0.2) is 29.7 Å². The maximum Gasteiger partial charge on any atom is 0.422 e. The molecule has 0 unspecified atom stereocenters. The third-order valence-electron chi connectivity index (χ3n) is 6.03. The molecule has 1 N–H and O–H groups in total. The highest BCUT2D eigenvalue weighted by Crippen LogP contribution is 2.45. The van der Waals surface area contributed by atoms with Crippen molar-refractivity contribution in [3.63, 3.8) is 0 Å². The number of amides is 2. The summed E-state index contributed by atoms with van der Waals surface area (Å²) in [6.07, 6.45) is 0.591. The second kappa shape index (κ2) is 7.41. The zero-order chi connectivity index (χ0) is 21.6. The Kier molecular flexibility index (Phi) is 4.69. The summed E-state index contributed by atoms with van der Waals surface area (Å²) >= 11 is 6.11. The first-order chi connectivity index (χ1) is 15.0. The number of para-hydroxylation sites is 1. The number of fused-ring (bicyclic) bond motifs is 3. The smallest absolute Gasteiger partial charge is 0.422 e. The number of imide groups is 1. The van der Waals surface area contributed by atoms with E-state index in [4.69, 9.17) is 16.3 Å². The van der Waals surface area contributed by atoms with Crippen LogP contribution >= 0.6 is 11.6 Å². The minimum Gasteiger partial charge on any atom is -0.437 e. The predicted octanol–water partition coefficient (Wildman–Crippen LogP) is 4.19. The summed E-state index contributed by atoms with van der Waals surface area (Å²) in [4.78, 5) is 27.9. The van der Waals surface area contributed by atoms with Crippen molar-refractivity contribution in [3.05, 3.63) is 64.8 Å². The van der Waals surface area contributed by atoms with E-state index >= 15 is 0 Å². The molecule has 1 saturated heterocycles. The number of nitrogens with zero attached hydrogens (tertiary/aromatic N) is 3. The van der Waals surface area contributed by atoms with Gasteiger partial charge in [0.05, 0.1) is 11.8 Å². The summed E-state index contributed by atoms with van der Waals surface area (Å²) in [6, 6.07) is 16.3. The van der Waals surface area contributed by atoms with Crippen LogP contribution in [0, 0.1) is 11.3 Å². The van der Waals surface area contributed by atoms with Gasteiger partial charge in [0.1, 0.15) is 17.8 Å². The molecule has 7 nitrogen and oxygen atoms in total. The van der Waals surface area contributed by atoms with E-state index < -0.39 is 17.6 Å². The molecule has 1 aromatic heterocycles. The minimum atomic E-state index is -0.734. The fourth-order valence-corrected chi connectivity index (χ4v) is 4.77. The second-order valence-electron chi connectivity index (χ2n) is 7.75. The number of carbonyl (C=O) groups is 2.